The summed E-state index contributed by atoms with van der Waals surface area (Å²) in [5.41, 5.74) is 4.80. The number of hydrogen-bond acceptors (Lipinski definition) is 1. The second kappa shape index (κ2) is 8.16. The summed E-state index contributed by atoms with van der Waals surface area (Å²) in [6.45, 7) is 7.79. The van der Waals surface area contributed by atoms with Crippen LogP contribution in [0.1, 0.15) is 30.5 Å². The van der Waals surface area contributed by atoms with Crippen molar-refractivity contribution < 1.29 is 4.79 Å². The zero-order valence-electron chi connectivity index (χ0n) is 12.7. The van der Waals surface area contributed by atoms with E-state index >= 15 is 0 Å². The molecule has 2 nitrogen and oxygen atoms in total. The fourth-order valence-corrected chi connectivity index (χ4v) is 1.66. The molecule has 0 radical (unpaired) electrons. The smallest absolute Gasteiger partial charge is 0.221 e. The zero-order chi connectivity index (χ0) is 15.0. The number of amides is 1. The monoisotopic (exact) mass is 269 g/mol. The molecule has 20 heavy (non-hydrogen) atoms. The maximum atomic E-state index is 10.6. The third-order valence-electron chi connectivity index (χ3n) is 2.90. The van der Waals surface area contributed by atoms with Crippen LogP contribution >= 0.6 is 0 Å². The third-order valence-corrected chi connectivity index (χ3v) is 2.90. The van der Waals surface area contributed by atoms with Crippen LogP contribution in [-0.4, -0.2) is 5.91 Å². The average molecular weight is 269 g/mol. The molecule has 0 aromatic heterocycles. The Bertz CT molecular complexity index is 526. The van der Waals surface area contributed by atoms with Crippen molar-refractivity contribution in [3.05, 3.63) is 65.2 Å². The molecule has 0 unspecified atom stereocenters. The van der Waals surface area contributed by atoms with Gasteiger partial charge in [-0.3, -0.25) is 4.79 Å². The summed E-state index contributed by atoms with van der Waals surface area (Å²) in [5, 5.41) is 2.69. The van der Waals surface area contributed by atoms with Gasteiger partial charge in [-0.05, 0) is 38.0 Å². The predicted molar refractivity (Wildman–Crippen MR) is 86.0 cm³/mol. The normalized spacial score (nSPS) is 9.40. The van der Waals surface area contributed by atoms with E-state index in [-0.39, 0.29) is 5.91 Å². The van der Waals surface area contributed by atoms with Crippen LogP contribution in [0.25, 0.3) is 0 Å². The summed E-state index contributed by atoms with van der Waals surface area (Å²) in [4.78, 5) is 10.6. The lowest BCUT2D eigenvalue weighted by Gasteiger charge is -2.00. The van der Waals surface area contributed by atoms with Crippen molar-refractivity contribution in [3.63, 3.8) is 0 Å². The van der Waals surface area contributed by atoms with Gasteiger partial charge in [0.05, 0.1) is 0 Å². The molecular formula is C18H23NO. The van der Waals surface area contributed by atoms with Gasteiger partial charge in [0.25, 0.3) is 0 Å². The lowest BCUT2D eigenvalue weighted by Crippen LogP contribution is -2.05. The van der Waals surface area contributed by atoms with E-state index in [4.69, 9.17) is 0 Å². The summed E-state index contributed by atoms with van der Waals surface area (Å²) >= 11 is 0. The molecule has 1 amide bonds. The Kier molecular flexibility index (Phi) is 6.51. The van der Waals surface area contributed by atoms with E-state index in [1.54, 1.807) is 0 Å². The largest absolute Gasteiger partial charge is 0.326 e. The van der Waals surface area contributed by atoms with E-state index in [2.05, 4.69) is 43.4 Å². The second-order valence-electron chi connectivity index (χ2n) is 4.89. The number of nitrogens with one attached hydrogen (secondary N) is 1. The van der Waals surface area contributed by atoms with Crippen LogP contribution in [-0.2, 0) is 11.2 Å². The van der Waals surface area contributed by atoms with Crippen LogP contribution in [0.3, 0.4) is 0 Å². The van der Waals surface area contributed by atoms with Gasteiger partial charge in [-0.25, -0.2) is 0 Å². The van der Waals surface area contributed by atoms with Crippen molar-refractivity contribution in [1.82, 2.24) is 0 Å². The molecule has 0 saturated heterocycles. The molecule has 0 aliphatic heterocycles. The zero-order valence-corrected chi connectivity index (χ0v) is 12.7. The van der Waals surface area contributed by atoms with Crippen molar-refractivity contribution in [2.45, 2.75) is 34.1 Å². The molecule has 0 fully saturated rings. The lowest BCUT2D eigenvalue weighted by atomic mass is 10.1. The number of aryl methyl sites for hydroxylation is 3. The lowest BCUT2D eigenvalue weighted by molar-refractivity contribution is -0.114. The van der Waals surface area contributed by atoms with E-state index in [1.165, 1.54) is 23.6 Å². The molecule has 2 rings (SSSR count). The molecule has 0 atom stereocenters. The molecule has 1 N–H and O–H groups in total. The van der Waals surface area contributed by atoms with Crippen molar-refractivity contribution in [3.8, 4) is 0 Å². The molecule has 0 bridgehead atoms. The van der Waals surface area contributed by atoms with Crippen molar-refractivity contribution in [1.29, 1.82) is 0 Å². The summed E-state index contributed by atoms with van der Waals surface area (Å²) in [6.07, 6.45) is 1.14. The fraction of sp³-hybridized carbons (Fsp3) is 0.278. The van der Waals surface area contributed by atoms with E-state index in [0.29, 0.717) is 0 Å². The maximum absolute atomic E-state index is 10.6. The van der Waals surface area contributed by atoms with Crippen LogP contribution < -0.4 is 5.32 Å². The first kappa shape index (κ1) is 16.0. The van der Waals surface area contributed by atoms with Crippen LogP contribution in [0.5, 0.6) is 0 Å². The first-order valence-corrected chi connectivity index (χ1v) is 6.91. The molecular weight excluding hydrogens is 246 g/mol. The second-order valence-corrected chi connectivity index (χ2v) is 4.89. The van der Waals surface area contributed by atoms with Gasteiger partial charge in [-0.15, -0.1) is 0 Å². The minimum absolute atomic E-state index is 0.0335. The van der Waals surface area contributed by atoms with Gasteiger partial charge in [-0.1, -0.05) is 54.4 Å². The molecule has 2 aromatic carbocycles. The van der Waals surface area contributed by atoms with Gasteiger partial charge in [0.15, 0.2) is 0 Å². The van der Waals surface area contributed by atoms with E-state index in [0.717, 1.165) is 12.1 Å². The minimum Gasteiger partial charge on any atom is -0.326 e. The standard InChI is InChI=1S/C9H11NO.C9H12/c1-7-3-5-9(6-4-7)10-8(2)11;1-3-9-6-4-8(2)5-7-9/h3-6H,1-2H3,(H,10,11);4-7H,3H2,1-2H3. The van der Waals surface area contributed by atoms with Gasteiger partial charge in [-0.2, -0.15) is 0 Å². The Labute approximate surface area is 121 Å². The maximum Gasteiger partial charge on any atom is 0.221 e. The quantitative estimate of drug-likeness (QED) is 0.853. The van der Waals surface area contributed by atoms with Crippen molar-refractivity contribution in [2.75, 3.05) is 5.32 Å². The number of carbonyl (C=O) groups excluding carboxylic acids is 1. The van der Waals surface area contributed by atoms with Gasteiger partial charge < -0.3 is 5.32 Å². The molecule has 0 aliphatic carbocycles. The predicted octanol–water partition coefficient (Wildman–Crippen LogP) is 4.51. The van der Waals surface area contributed by atoms with Crippen LogP contribution in [0, 0.1) is 13.8 Å². The molecule has 2 heteroatoms. The number of anilines is 1. The molecule has 0 spiro atoms. The summed E-state index contributed by atoms with van der Waals surface area (Å²) in [5.74, 6) is -0.0335. The van der Waals surface area contributed by atoms with Crippen LogP contribution in [0.15, 0.2) is 48.5 Å². The van der Waals surface area contributed by atoms with Gasteiger partial charge in [0.2, 0.25) is 5.91 Å². The SMILES string of the molecule is CC(=O)Nc1ccc(C)cc1.CCc1ccc(C)cc1. The van der Waals surface area contributed by atoms with Crippen molar-refractivity contribution >= 4 is 11.6 Å². The van der Waals surface area contributed by atoms with Crippen LogP contribution in [0.4, 0.5) is 5.69 Å². The molecule has 0 heterocycles. The number of benzene rings is 2. The highest BCUT2D eigenvalue weighted by atomic mass is 16.1. The van der Waals surface area contributed by atoms with Crippen LogP contribution in [0.2, 0.25) is 0 Å². The molecule has 106 valence electrons. The topological polar surface area (TPSA) is 29.1 Å². The van der Waals surface area contributed by atoms with Gasteiger partial charge >= 0.3 is 0 Å². The molecule has 0 saturated carbocycles. The van der Waals surface area contributed by atoms with Gasteiger partial charge in [0.1, 0.15) is 0 Å². The van der Waals surface area contributed by atoms with E-state index in [9.17, 15) is 4.79 Å². The molecule has 2 aromatic rings. The Hall–Kier alpha value is -2.09. The highest BCUT2D eigenvalue weighted by Crippen LogP contribution is 2.07. The summed E-state index contributed by atoms with van der Waals surface area (Å²) in [7, 11) is 0. The highest BCUT2D eigenvalue weighted by Gasteiger charge is 1.92. The summed E-state index contributed by atoms with van der Waals surface area (Å²) < 4.78 is 0. The van der Waals surface area contributed by atoms with E-state index < -0.39 is 0 Å². The fourth-order valence-electron chi connectivity index (χ4n) is 1.66. The van der Waals surface area contributed by atoms with Crippen molar-refractivity contribution in [2.24, 2.45) is 0 Å². The Balaban J connectivity index is 0.000000204. The molecule has 0 aliphatic rings. The average Bonchev–Trinajstić information content (AvgIpc) is 2.43. The first-order valence-electron chi connectivity index (χ1n) is 6.91. The highest BCUT2D eigenvalue weighted by molar-refractivity contribution is 5.88. The Morgan fingerprint density at radius 3 is 1.75 bits per heavy atom. The summed E-state index contributed by atoms with van der Waals surface area (Å²) in [6, 6.07) is 16.4. The minimum atomic E-state index is -0.0335. The third kappa shape index (κ3) is 6.19. The van der Waals surface area contributed by atoms with Gasteiger partial charge in [0, 0.05) is 12.6 Å². The number of carbonyl (C=O) groups is 1. The Morgan fingerprint density at radius 2 is 1.35 bits per heavy atom. The Morgan fingerprint density at radius 1 is 0.900 bits per heavy atom. The first-order chi connectivity index (χ1) is 9.51. The number of hydrogen-bond donors (Lipinski definition) is 1. The number of rotatable bonds is 2. The van der Waals surface area contributed by atoms with E-state index in [1.807, 2.05) is 31.2 Å².